The Bertz CT molecular complexity index is 551. The van der Waals surface area contributed by atoms with Gasteiger partial charge in [-0.2, -0.15) is 0 Å². The number of amides is 2. The SMILES string of the molecule is CC(C)(C)OC(=O)C[C@@H](NC(=O)OCc1ccccc1)C(N)=O. The Morgan fingerprint density at radius 2 is 1.78 bits per heavy atom. The summed E-state index contributed by atoms with van der Waals surface area (Å²) in [6, 6.07) is 7.86. The summed E-state index contributed by atoms with van der Waals surface area (Å²) >= 11 is 0. The molecule has 0 aliphatic rings. The molecule has 0 saturated heterocycles. The second kappa shape index (κ2) is 8.17. The van der Waals surface area contributed by atoms with Crippen LogP contribution in [0.1, 0.15) is 32.8 Å². The first-order chi connectivity index (χ1) is 10.7. The summed E-state index contributed by atoms with van der Waals surface area (Å²) in [6.45, 7) is 5.15. The Balaban J connectivity index is 2.50. The Hall–Kier alpha value is -2.57. The molecule has 0 unspecified atom stereocenters. The van der Waals surface area contributed by atoms with E-state index in [-0.39, 0.29) is 13.0 Å². The highest BCUT2D eigenvalue weighted by molar-refractivity contribution is 5.88. The molecule has 2 amide bonds. The van der Waals surface area contributed by atoms with Crippen molar-refractivity contribution in [1.82, 2.24) is 5.32 Å². The lowest BCUT2D eigenvalue weighted by Crippen LogP contribution is -2.46. The second-order valence-electron chi connectivity index (χ2n) is 5.95. The van der Waals surface area contributed by atoms with Gasteiger partial charge in [0.25, 0.3) is 0 Å². The van der Waals surface area contributed by atoms with E-state index in [0.29, 0.717) is 0 Å². The number of primary amides is 1. The van der Waals surface area contributed by atoms with Crippen LogP contribution in [0.5, 0.6) is 0 Å². The van der Waals surface area contributed by atoms with E-state index in [4.69, 9.17) is 15.2 Å². The number of esters is 1. The van der Waals surface area contributed by atoms with Gasteiger partial charge in [0, 0.05) is 0 Å². The summed E-state index contributed by atoms with van der Waals surface area (Å²) in [4.78, 5) is 34.8. The lowest BCUT2D eigenvalue weighted by molar-refractivity contribution is -0.156. The van der Waals surface area contributed by atoms with Crippen molar-refractivity contribution < 1.29 is 23.9 Å². The van der Waals surface area contributed by atoms with E-state index < -0.39 is 29.6 Å². The first-order valence-corrected chi connectivity index (χ1v) is 7.16. The molecule has 1 atom stereocenters. The molecule has 0 aliphatic heterocycles. The van der Waals surface area contributed by atoms with Crippen molar-refractivity contribution in [1.29, 1.82) is 0 Å². The molecule has 7 heteroatoms. The minimum Gasteiger partial charge on any atom is -0.460 e. The van der Waals surface area contributed by atoms with Crippen LogP contribution in [0, 0.1) is 0 Å². The van der Waals surface area contributed by atoms with Crippen molar-refractivity contribution >= 4 is 18.0 Å². The van der Waals surface area contributed by atoms with Gasteiger partial charge in [-0.15, -0.1) is 0 Å². The van der Waals surface area contributed by atoms with Crippen LogP contribution >= 0.6 is 0 Å². The third-order valence-electron chi connectivity index (χ3n) is 2.64. The zero-order valence-electron chi connectivity index (χ0n) is 13.5. The fraction of sp³-hybridized carbons (Fsp3) is 0.438. The van der Waals surface area contributed by atoms with Gasteiger partial charge in [0.1, 0.15) is 18.2 Å². The third-order valence-corrected chi connectivity index (χ3v) is 2.64. The number of hydrogen-bond donors (Lipinski definition) is 2. The summed E-state index contributed by atoms with van der Waals surface area (Å²) in [5, 5.41) is 2.27. The molecule has 1 rings (SSSR count). The molecular formula is C16H22N2O5. The predicted molar refractivity (Wildman–Crippen MR) is 83.2 cm³/mol. The average Bonchev–Trinajstić information content (AvgIpc) is 2.43. The summed E-state index contributed by atoms with van der Waals surface area (Å²) in [6.07, 6.45) is -1.19. The number of nitrogens with two attached hydrogens (primary N) is 1. The number of ether oxygens (including phenoxy) is 2. The Kier molecular flexibility index (Phi) is 6.56. The maximum atomic E-state index is 11.7. The van der Waals surface area contributed by atoms with Crippen molar-refractivity contribution in [2.24, 2.45) is 5.73 Å². The van der Waals surface area contributed by atoms with Gasteiger partial charge in [0.05, 0.1) is 6.42 Å². The highest BCUT2D eigenvalue weighted by Crippen LogP contribution is 2.09. The van der Waals surface area contributed by atoms with E-state index in [2.05, 4.69) is 5.32 Å². The molecule has 0 aliphatic carbocycles. The normalized spacial score (nSPS) is 12.1. The van der Waals surface area contributed by atoms with Crippen molar-refractivity contribution in [3.8, 4) is 0 Å². The standard InChI is InChI=1S/C16H22N2O5/c1-16(2,3)23-13(19)9-12(14(17)20)18-15(21)22-10-11-7-5-4-6-8-11/h4-8,12H,9-10H2,1-3H3,(H2,17,20)(H,18,21)/t12-/m1/s1. The molecule has 0 aromatic heterocycles. The van der Waals surface area contributed by atoms with E-state index in [1.165, 1.54) is 0 Å². The first kappa shape index (κ1) is 18.5. The van der Waals surface area contributed by atoms with Crippen LogP contribution in [0.3, 0.4) is 0 Å². The number of hydrogen-bond acceptors (Lipinski definition) is 5. The van der Waals surface area contributed by atoms with Crippen LogP contribution in [0.15, 0.2) is 30.3 Å². The van der Waals surface area contributed by atoms with E-state index in [0.717, 1.165) is 5.56 Å². The predicted octanol–water partition coefficient (Wildman–Crippen LogP) is 1.50. The third kappa shape index (κ3) is 7.85. The average molecular weight is 322 g/mol. The highest BCUT2D eigenvalue weighted by atomic mass is 16.6. The fourth-order valence-corrected chi connectivity index (χ4v) is 1.68. The molecule has 7 nitrogen and oxygen atoms in total. The van der Waals surface area contributed by atoms with Crippen LogP contribution in [-0.2, 0) is 25.7 Å². The van der Waals surface area contributed by atoms with Crippen molar-refractivity contribution in [3.63, 3.8) is 0 Å². The molecule has 1 aromatic carbocycles. The Morgan fingerprint density at radius 3 is 2.30 bits per heavy atom. The van der Waals surface area contributed by atoms with Gasteiger partial charge >= 0.3 is 12.1 Å². The minimum atomic E-state index is -1.19. The van der Waals surface area contributed by atoms with Crippen LogP contribution in [0.25, 0.3) is 0 Å². The van der Waals surface area contributed by atoms with Crippen LogP contribution in [-0.4, -0.2) is 29.6 Å². The summed E-state index contributed by atoms with van der Waals surface area (Å²) < 4.78 is 10.1. The summed E-state index contributed by atoms with van der Waals surface area (Å²) in [7, 11) is 0. The Labute approximate surface area is 135 Å². The summed E-state index contributed by atoms with van der Waals surface area (Å²) in [5.41, 5.74) is 5.30. The lowest BCUT2D eigenvalue weighted by atomic mass is 10.1. The van der Waals surface area contributed by atoms with E-state index in [9.17, 15) is 14.4 Å². The molecule has 0 radical (unpaired) electrons. The van der Waals surface area contributed by atoms with Crippen LogP contribution < -0.4 is 11.1 Å². The molecule has 3 N–H and O–H groups in total. The number of alkyl carbamates (subject to hydrolysis) is 1. The first-order valence-electron chi connectivity index (χ1n) is 7.16. The van der Waals surface area contributed by atoms with Gasteiger partial charge in [-0.25, -0.2) is 4.79 Å². The lowest BCUT2D eigenvalue weighted by Gasteiger charge is -2.21. The molecule has 0 spiro atoms. The van der Waals surface area contributed by atoms with Crippen molar-refractivity contribution in [3.05, 3.63) is 35.9 Å². The van der Waals surface area contributed by atoms with Crippen LogP contribution in [0.2, 0.25) is 0 Å². The zero-order valence-corrected chi connectivity index (χ0v) is 13.5. The minimum absolute atomic E-state index is 0.0462. The number of carbonyl (C=O) groups is 3. The van der Waals surface area contributed by atoms with Gasteiger partial charge in [0.2, 0.25) is 5.91 Å². The quantitative estimate of drug-likeness (QED) is 0.772. The molecule has 0 fully saturated rings. The molecule has 0 saturated carbocycles. The number of benzene rings is 1. The highest BCUT2D eigenvalue weighted by Gasteiger charge is 2.25. The van der Waals surface area contributed by atoms with Gasteiger partial charge in [0.15, 0.2) is 0 Å². The topological polar surface area (TPSA) is 108 Å². The maximum absolute atomic E-state index is 11.7. The summed E-state index contributed by atoms with van der Waals surface area (Å²) in [5.74, 6) is -1.47. The Morgan fingerprint density at radius 1 is 1.17 bits per heavy atom. The van der Waals surface area contributed by atoms with Crippen molar-refractivity contribution in [2.75, 3.05) is 0 Å². The van der Waals surface area contributed by atoms with E-state index >= 15 is 0 Å². The maximum Gasteiger partial charge on any atom is 0.408 e. The van der Waals surface area contributed by atoms with Crippen molar-refractivity contribution in [2.45, 2.75) is 45.4 Å². The number of rotatable bonds is 6. The van der Waals surface area contributed by atoms with Gasteiger partial charge in [-0.1, -0.05) is 30.3 Å². The van der Waals surface area contributed by atoms with Crippen LogP contribution in [0.4, 0.5) is 4.79 Å². The molecule has 126 valence electrons. The fourth-order valence-electron chi connectivity index (χ4n) is 1.68. The number of nitrogens with one attached hydrogen (secondary N) is 1. The van der Waals surface area contributed by atoms with Gasteiger partial charge in [-0.05, 0) is 26.3 Å². The molecule has 23 heavy (non-hydrogen) atoms. The van der Waals surface area contributed by atoms with E-state index in [1.807, 2.05) is 18.2 Å². The molecular weight excluding hydrogens is 300 g/mol. The van der Waals surface area contributed by atoms with E-state index in [1.54, 1.807) is 32.9 Å². The molecule has 0 bridgehead atoms. The molecule has 0 heterocycles. The smallest absolute Gasteiger partial charge is 0.408 e. The number of carbonyl (C=O) groups excluding carboxylic acids is 3. The van der Waals surface area contributed by atoms with Gasteiger partial charge < -0.3 is 20.5 Å². The van der Waals surface area contributed by atoms with Gasteiger partial charge in [-0.3, -0.25) is 9.59 Å². The monoisotopic (exact) mass is 322 g/mol. The second-order valence-corrected chi connectivity index (χ2v) is 5.95. The largest absolute Gasteiger partial charge is 0.460 e. The zero-order chi connectivity index (χ0) is 17.5. The molecule has 1 aromatic rings.